The van der Waals surface area contributed by atoms with Gasteiger partial charge in [0, 0.05) is 5.41 Å². The molecule has 0 fully saturated rings. The summed E-state index contributed by atoms with van der Waals surface area (Å²) in [4.78, 5) is 26.1. The summed E-state index contributed by atoms with van der Waals surface area (Å²) in [5.74, 6) is 0. The predicted molar refractivity (Wildman–Crippen MR) is 78.4 cm³/mol. The van der Waals surface area contributed by atoms with Crippen molar-refractivity contribution in [3.05, 3.63) is 0 Å². The standard InChI is InChI=1S/C8H12N2O2.C6H14O3/c11-7-9-5-3-1-2-4-6-10-8-12;1-2-6(3-7,4-8)5-9/h1-6H2;7-9H,2-5H2,1H3. The Morgan fingerprint density at radius 1 is 0.810 bits per heavy atom. The lowest BCUT2D eigenvalue weighted by atomic mass is 9.88. The lowest BCUT2D eigenvalue weighted by Crippen LogP contribution is -2.32. The minimum atomic E-state index is -0.667. The first kappa shape index (κ1) is 21.9. The van der Waals surface area contributed by atoms with Crippen molar-refractivity contribution < 1.29 is 24.9 Å². The molecule has 0 saturated carbocycles. The Balaban J connectivity index is 0. The molecule has 0 aliphatic carbocycles. The van der Waals surface area contributed by atoms with Crippen molar-refractivity contribution in [3.63, 3.8) is 0 Å². The molecule has 0 aromatic rings. The predicted octanol–water partition coefficient (Wildman–Crippen LogP) is 0.578. The molecular formula is C14H26N2O5. The number of nitrogens with zero attached hydrogens (tertiary/aromatic N) is 2. The largest absolute Gasteiger partial charge is 0.396 e. The summed E-state index contributed by atoms with van der Waals surface area (Å²) in [6.45, 7) is 2.47. The Morgan fingerprint density at radius 2 is 1.19 bits per heavy atom. The Hall–Kier alpha value is -1.36. The van der Waals surface area contributed by atoms with Crippen LogP contribution < -0.4 is 0 Å². The highest BCUT2D eigenvalue weighted by Gasteiger charge is 2.24. The van der Waals surface area contributed by atoms with Gasteiger partial charge in [0.05, 0.1) is 32.9 Å². The number of unbranched alkanes of at least 4 members (excludes halogenated alkanes) is 3. The zero-order valence-electron chi connectivity index (χ0n) is 12.6. The number of carbonyl (C=O) groups excluding carboxylic acids is 2. The molecule has 7 nitrogen and oxygen atoms in total. The van der Waals surface area contributed by atoms with E-state index in [0.29, 0.717) is 19.5 Å². The van der Waals surface area contributed by atoms with Gasteiger partial charge in [0.2, 0.25) is 12.2 Å². The highest BCUT2D eigenvalue weighted by Crippen LogP contribution is 2.18. The van der Waals surface area contributed by atoms with Crippen molar-refractivity contribution in [2.75, 3.05) is 32.9 Å². The molecule has 0 rings (SSSR count). The first-order valence-corrected chi connectivity index (χ1v) is 7.06. The van der Waals surface area contributed by atoms with Crippen LogP contribution in [0, 0.1) is 5.41 Å². The highest BCUT2D eigenvalue weighted by atomic mass is 16.3. The van der Waals surface area contributed by atoms with E-state index in [1.54, 1.807) is 0 Å². The van der Waals surface area contributed by atoms with Crippen LogP contribution in [0.4, 0.5) is 0 Å². The monoisotopic (exact) mass is 302 g/mol. The van der Waals surface area contributed by atoms with Gasteiger partial charge in [0.15, 0.2) is 0 Å². The molecule has 21 heavy (non-hydrogen) atoms. The third kappa shape index (κ3) is 13.4. The minimum Gasteiger partial charge on any atom is -0.396 e. The van der Waals surface area contributed by atoms with Crippen molar-refractivity contribution in [2.24, 2.45) is 15.4 Å². The van der Waals surface area contributed by atoms with Gasteiger partial charge in [0.1, 0.15) is 0 Å². The summed E-state index contributed by atoms with van der Waals surface area (Å²) in [7, 11) is 0. The molecule has 0 aliphatic heterocycles. The molecule has 0 heterocycles. The van der Waals surface area contributed by atoms with E-state index in [9.17, 15) is 9.59 Å². The number of aliphatic hydroxyl groups is 3. The zero-order valence-corrected chi connectivity index (χ0v) is 12.6. The van der Waals surface area contributed by atoms with Gasteiger partial charge in [-0.3, -0.25) is 0 Å². The number of isocyanates is 2. The third-order valence-electron chi connectivity index (χ3n) is 3.18. The smallest absolute Gasteiger partial charge is 0.234 e. The van der Waals surface area contributed by atoms with E-state index in [-0.39, 0.29) is 19.8 Å². The maximum atomic E-state index is 9.63. The van der Waals surface area contributed by atoms with Crippen molar-refractivity contribution in [2.45, 2.75) is 39.0 Å². The van der Waals surface area contributed by atoms with Gasteiger partial charge in [0.25, 0.3) is 0 Å². The second kappa shape index (κ2) is 16.7. The molecule has 7 heteroatoms. The molecular weight excluding hydrogens is 276 g/mol. The molecule has 0 aromatic heterocycles. The van der Waals surface area contributed by atoms with Crippen LogP contribution in [-0.2, 0) is 9.59 Å². The third-order valence-corrected chi connectivity index (χ3v) is 3.18. The van der Waals surface area contributed by atoms with E-state index < -0.39 is 5.41 Å². The molecule has 0 spiro atoms. The van der Waals surface area contributed by atoms with Crippen molar-refractivity contribution in [3.8, 4) is 0 Å². The molecule has 3 N–H and O–H groups in total. The Kier molecular flexibility index (Phi) is 17.4. The van der Waals surface area contributed by atoms with E-state index in [2.05, 4.69) is 9.98 Å². The Morgan fingerprint density at radius 3 is 1.38 bits per heavy atom. The van der Waals surface area contributed by atoms with E-state index in [1.165, 1.54) is 12.2 Å². The summed E-state index contributed by atoms with van der Waals surface area (Å²) >= 11 is 0. The molecule has 0 aliphatic rings. The summed E-state index contributed by atoms with van der Waals surface area (Å²) in [5.41, 5.74) is -0.667. The summed E-state index contributed by atoms with van der Waals surface area (Å²) in [6.07, 6.45) is 7.39. The molecule has 0 radical (unpaired) electrons. The lowest BCUT2D eigenvalue weighted by Gasteiger charge is -2.24. The van der Waals surface area contributed by atoms with E-state index in [1.807, 2.05) is 6.92 Å². The fraction of sp³-hybridized carbons (Fsp3) is 0.857. The van der Waals surface area contributed by atoms with Crippen LogP contribution in [-0.4, -0.2) is 60.4 Å². The fourth-order valence-corrected chi connectivity index (χ4v) is 1.31. The minimum absolute atomic E-state index is 0.156. The summed E-state index contributed by atoms with van der Waals surface area (Å²) < 4.78 is 0. The lowest BCUT2D eigenvalue weighted by molar-refractivity contribution is 0.00304. The molecule has 0 aromatic carbocycles. The molecule has 0 atom stereocenters. The number of aliphatic imine (C=N–C) groups is 2. The SMILES string of the molecule is CCC(CO)(CO)CO.O=C=NCCCCCCN=C=O. The van der Waals surface area contributed by atoms with Gasteiger partial charge in [-0.05, 0) is 19.3 Å². The second-order valence-electron chi connectivity index (χ2n) is 4.69. The second-order valence-corrected chi connectivity index (χ2v) is 4.69. The quantitative estimate of drug-likeness (QED) is 0.293. The maximum Gasteiger partial charge on any atom is 0.234 e. The van der Waals surface area contributed by atoms with E-state index in [4.69, 9.17) is 15.3 Å². The highest BCUT2D eigenvalue weighted by molar-refractivity contribution is 5.32. The number of hydrogen-bond acceptors (Lipinski definition) is 7. The molecule has 122 valence electrons. The van der Waals surface area contributed by atoms with Crippen LogP contribution in [0.3, 0.4) is 0 Å². The van der Waals surface area contributed by atoms with Crippen LogP contribution >= 0.6 is 0 Å². The van der Waals surface area contributed by atoms with Crippen LogP contribution in [0.15, 0.2) is 9.98 Å². The molecule has 0 saturated heterocycles. The fourth-order valence-electron chi connectivity index (χ4n) is 1.31. The average molecular weight is 302 g/mol. The number of rotatable bonds is 11. The van der Waals surface area contributed by atoms with E-state index in [0.717, 1.165) is 25.7 Å². The van der Waals surface area contributed by atoms with Crippen molar-refractivity contribution >= 4 is 12.2 Å². The van der Waals surface area contributed by atoms with Crippen LogP contribution in [0.25, 0.3) is 0 Å². The van der Waals surface area contributed by atoms with Gasteiger partial charge in [-0.2, -0.15) is 0 Å². The summed E-state index contributed by atoms with van der Waals surface area (Å²) in [5, 5.41) is 26.0. The average Bonchev–Trinajstić information content (AvgIpc) is 2.53. The first-order chi connectivity index (χ1) is 10.2. The first-order valence-electron chi connectivity index (χ1n) is 7.06. The molecule has 0 amide bonds. The van der Waals surface area contributed by atoms with Crippen LogP contribution in [0.5, 0.6) is 0 Å². The Bertz CT molecular complexity index is 280. The van der Waals surface area contributed by atoms with E-state index >= 15 is 0 Å². The van der Waals surface area contributed by atoms with Gasteiger partial charge in [-0.15, -0.1) is 0 Å². The topological polar surface area (TPSA) is 120 Å². The zero-order chi connectivity index (χ0) is 16.4. The van der Waals surface area contributed by atoms with Crippen molar-refractivity contribution in [1.29, 1.82) is 0 Å². The Labute approximate surface area is 125 Å². The van der Waals surface area contributed by atoms with Crippen LogP contribution in [0.1, 0.15) is 39.0 Å². The van der Waals surface area contributed by atoms with Gasteiger partial charge in [-0.1, -0.05) is 19.8 Å². The van der Waals surface area contributed by atoms with Crippen LogP contribution in [0.2, 0.25) is 0 Å². The number of hydrogen-bond donors (Lipinski definition) is 3. The molecule has 0 bridgehead atoms. The molecule has 0 unspecified atom stereocenters. The summed E-state index contributed by atoms with van der Waals surface area (Å²) in [6, 6.07) is 0. The maximum absolute atomic E-state index is 9.63. The van der Waals surface area contributed by atoms with Crippen molar-refractivity contribution in [1.82, 2.24) is 0 Å². The van der Waals surface area contributed by atoms with Gasteiger partial charge in [-0.25, -0.2) is 19.6 Å². The van der Waals surface area contributed by atoms with Gasteiger partial charge < -0.3 is 15.3 Å². The number of aliphatic hydroxyl groups excluding tert-OH is 3. The normalized spacial score (nSPS) is 9.90. The van der Waals surface area contributed by atoms with Gasteiger partial charge >= 0.3 is 0 Å².